The Labute approximate surface area is 116 Å². The number of nitrogen functional groups attached to an aromatic ring is 1. The number of carbonyl (C=O) groups is 1. The van der Waals surface area contributed by atoms with Gasteiger partial charge in [-0.15, -0.1) is 11.3 Å². The number of likely N-dealkylation sites (N-methyl/N-ethyl adjacent to an activating group) is 1. The molecule has 0 aliphatic rings. The van der Waals surface area contributed by atoms with Crippen molar-refractivity contribution in [1.82, 2.24) is 4.90 Å². The number of fused-ring (bicyclic) bond motifs is 1. The molecule has 102 valence electrons. The molecule has 0 saturated carbocycles. The van der Waals surface area contributed by atoms with Gasteiger partial charge in [0.1, 0.15) is 4.88 Å². The number of aryl methyl sites for hydroxylation is 1. The van der Waals surface area contributed by atoms with Gasteiger partial charge in [0.15, 0.2) is 0 Å². The second kappa shape index (κ2) is 5.19. The lowest BCUT2D eigenvalue weighted by atomic mass is 10.1. The number of rotatable bonds is 3. The topological polar surface area (TPSA) is 66.6 Å². The monoisotopic (exact) mass is 278 g/mol. The third-order valence-corrected chi connectivity index (χ3v) is 4.12. The van der Waals surface area contributed by atoms with Crippen LogP contribution in [0.2, 0.25) is 0 Å². The van der Waals surface area contributed by atoms with E-state index in [1.54, 1.807) is 14.0 Å². The van der Waals surface area contributed by atoms with E-state index in [1.807, 2.05) is 25.1 Å². The fourth-order valence-electron chi connectivity index (χ4n) is 2.04. The zero-order valence-electron chi connectivity index (χ0n) is 11.3. The van der Waals surface area contributed by atoms with Crippen molar-refractivity contribution in [1.29, 1.82) is 0 Å². The maximum Gasteiger partial charge on any atom is 0.265 e. The lowest BCUT2D eigenvalue weighted by Gasteiger charge is -2.18. The van der Waals surface area contributed by atoms with Gasteiger partial charge in [-0.05, 0) is 25.5 Å². The summed E-state index contributed by atoms with van der Waals surface area (Å²) in [7, 11) is 1.67. The van der Waals surface area contributed by atoms with Crippen molar-refractivity contribution in [2.45, 2.75) is 20.0 Å². The Morgan fingerprint density at radius 1 is 1.53 bits per heavy atom. The van der Waals surface area contributed by atoms with Crippen molar-refractivity contribution in [2.24, 2.45) is 0 Å². The van der Waals surface area contributed by atoms with E-state index in [4.69, 9.17) is 5.73 Å². The first-order valence-electron chi connectivity index (χ1n) is 6.12. The molecule has 0 aliphatic carbocycles. The van der Waals surface area contributed by atoms with E-state index in [0.717, 1.165) is 15.6 Å². The van der Waals surface area contributed by atoms with E-state index >= 15 is 0 Å². The van der Waals surface area contributed by atoms with Gasteiger partial charge in [0.25, 0.3) is 5.91 Å². The van der Waals surface area contributed by atoms with Crippen LogP contribution in [0.5, 0.6) is 0 Å². The molecule has 0 aliphatic heterocycles. The number of anilines is 1. The van der Waals surface area contributed by atoms with Gasteiger partial charge in [0.05, 0.1) is 11.8 Å². The first-order chi connectivity index (χ1) is 8.90. The number of carbonyl (C=O) groups excluding carboxylic acids is 1. The van der Waals surface area contributed by atoms with Gasteiger partial charge in [-0.1, -0.05) is 12.1 Å². The van der Waals surface area contributed by atoms with Crippen LogP contribution in [0.3, 0.4) is 0 Å². The molecule has 0 saturated heterocycles. The number of hydrogen-bond donors (Lipinski definition) is 2. The van der Waals surface area contributed by atoms with Crippen molar-refractivity contribution in [3.8, 4) is 0 Å². The molecule has 0 fully saturated rings. The molecular formula is C14H18N2O2S. The molecule has 1 aromatic heterocycles. The molecule has 0 radical (unpaired) electrons. The van der Waals surface area contributed by atoms with Crippen molar-refractivity contribution in [3.63, 3.8) is 0 Å². The fourth-order valence-corrected chi connectivity index (χ4v) is 3.25. The zero-order valence-corrected chi connectivity index (χ0v) is 12.1. The SMILES string of the molecule is Cc1ccc2c(N)c(C(=O)N(C)CC(C)O)sc2c1. The highest BCUT2D eigenvalue weighted by Gasteiger charge is 2.20. The van der Waals surface area contributed by atoms with E-state index in [1.165, 1.54) is 16.2 Å². The van der Waals surface area contributed by atoms with E-state index in [-0.39, 0.29) is 5.91 Å². The van der Waals surface area contributed by atoms with E-state index in [2.05, 4.69) is 0 Å². The smallest absolute Gasteiger partial charge is 0.265 e. The third-order valence-electron chi connectivity index (χ3n) is 2.96. The van der Waals surface area contributed by atoms with Gasteiger partial charge in [-0.3, -0.25) is 4.79 Å². The predicted octanol–water partition coefficient (Wildman–Crippen LogP) is 2.24. The zero-order chi connectivity index (χ0) is 14.2. The number of thiophene rings is 1. The molecule has 1 atom stereocenters. The number of hydrogen-bond acceptors (Lipinski definition) is 4. The lowest BCUT2D eigenvalue weighted by Crippen LogP contribution is -2.32. The van der Waals surface area contributed by atoms with Gasteiger partial charge < -0.3 is 15.7 Å². The number of amides is 1. The maximum absolute atomic E-state index is 12.3. The molecule has 5 heteroatoms. The second-order valence-electron chi connectivity index (χ2n) is 4.88. The summed E-state index contributed by atoms with van der Waals surface area (Å²) in [5.41, 5.74) is 7.73. The quantitative estimate of drug-likeness (QED) is 0.905. The Morgan fingerprint density at radius 2 is 2.21 bits per heavy atom. The molecule has 0 spiro atoms. The first-order valence-corrected chi connectivity index (χ1v) is 6.94. The van der Waals surface area contributed by atoms with E-state index < -0.39 is 6.10 Å². The normalized spacial score (nSPS) is 12.6. The van der Waals surface area contributed by atoms with Crippen LogP contribution in [-0.2, 0) is 0 Å². The Kier molecular flexibility index (Phi) is 3.78. The first kappa shape index (κ1) is 13.8. The van der Waals surface area contributed by atoms with Crippen LogP contribution < -0.4 is 5.73 Å². The summed E-state index contributed by atoms with van der Waals surface area (Å²) in [6.45, 7) is 3.96. The fraction of sp³-hybridized carbons (Fsp3) is 0.357. The van der Waals surface area contributed by atoms with Gasteiger partial charge in [0, 0.05) is 23.7 Å². The number of aliphatic hydroxyl groups is 1. The lowest BCUT2D eigenvalue weighted by molar-refractivity contribution is 0.0709. The summed E-state index contributed by atoms with van der Waals surface area (Å²) in [6.07, 6.45) is -0.549. The molecule has 1 heterocycles. The maximum atomic E-state index is 12.3. The predicted molar refractivity (Wildman–Crippen MR) is 79.6 cm³/mol. The molecule has 2 rings (SSSR count). The Balaban J connectivity index is 2.40. The highest BCUT2D eigenvalue weighted by atomic mass is 32.1. The minimum Gasteiger partial charge on any atom is -0.397 e. The van der Waals surface area contributed by atoms with Gasteiger partial charge in [-0.2, -0.15) is 0 Å². The second-order valence-corrected chi connectivity index (χ2v) is 5.93. The number of benzene rings is 1. The van der Waals surface area contributed by atoms with Gasteiger partial charge in [0.2, 0.25) is 0 Å². The number of nitrogens with two attached hydrogens (primary N) is 1. The summed E-state index contributed by atoms with van der Waals surface area (Å²) in [5.74, 6) is -0.141. The highest BCUT2D eigenvalue weighted by molar-refractivity contribution is 7.21. The Hall–Kier alpha value is -1.59. The summed E-state index contributed by atoms with van der Waals surface area (Å²) < 4.78 is 1.02. The average molecular weight is 278 g/mol. The minimum atomic E-state index is -0.549. The van der Waals surface area contributed by atoms with Crippen molar-refractivity contribution in [3.05, 3.63) is 28.6 Å². The molecular weight excluding hydrogens is 260 g/mol. The van der Waals surface area contributed by atoms with Crippen LogP contribution in [0.1, 0.15) is 22.2 Å². The van der Waals surface area contributed by atoms with Crippen LogP contribution in [0, 0.1) is 6.92 Å². The Morgan fingerprint density at radius 3 is 2.84 bits per heavy atom. The molecule has 1 unspecified atom stereocenters. The highest BCUT2D eigenvalue weighted by Crippen LogP contribution is 2.34. The third kappa shape index (κ3) is 2.72. The average Bonchev–Trinajstić information content (AvgIpc) is 2.64. The molecule has 3 N–H and O–H groups in total. The van der Waals surface area contributed by atoms with Crippen LogP contribution in [-0.4, -0.2) is 35.6 Å². The van der Waals surface area contributed by atoms with Crippen molar-refractivity contribution in [2.75, 3.05) is 19.3 Å². The molecule has 1 amide bonds. The molecule has 4 nitrogen and oxygen atoms in total. The summed E-state index contributed by atoms with van der Waals surface area (Å²) in [6, 6.07) is 5.96. The molecule has 0 bridgehead atoms. The van der Waals surface area contributed by atoms with Crippen LogP contribution in [0.15, 0.2) is 18.2 Å². The molecule has 19 heavy (non-hydrogen) atoms. The summed E-state index contributed by atoms with van der Waals surface area (Å²) in [4.78, 5) is 14.3. The van der Waals surface area contributed by atoms with Gasteiger partial charge >= 0.3 is 0 Å². The largest absolute Gasteiger partial charge is 0.397 e. The summed E-state index contributed by atoms with van der Waals surface area (Å²) >= 11 is 1.40. The minimum absolute atomic E-state index is 0.141. The van der Waals surface area contributed by atoms with Gasteiger partial charge in [-0.25, -0.2) is 0 Å². The number of nitrogens with zero attached hydrogens (tertiary/aromatic N) is 1. The molecule has 1 aromatic carbocycles. The van der Waals surface area contributed by atoms with E-state index in [0.29, 0.717) is 17.1 Å². The molecule has 2 aromatic rings. The van der Waals surface area contributed by atoms with Crippen LogP contribution >= 0.6 is 11.3 Å². The Bertz CT molecular complexity index is 619. The summed E-state index contributed by atoms with van der Waals surface area (Å²) in [5, 5.41) is 10.3. The van der Waals surface area contributed by atoms with Crippen LogP contribution in [0.4, 0.5) is 5.69 Å². The van der Waals surface area contributed by atoms with E-state index in [9.17, 15) is 9.90 Å². The van der Waals surface area contributed by atoms with Crippen LogP contribution in [0.25, 0.3) is 10.1 Å². The van der Waals surface area contributed by atoms with Crippen molar-refractivity contribution < 1.29 is 9.90 Å². The standard InChI is InChI=1S/C14H18N2O2S/c1-8-4-5-10-11(6-8)19-13(12(10)15)14(18)16(3)7-9(2)17/h4-6,9,17H,7,15H2,1-3H3. The number of aliphatic hydroxyl groups excluding tert-OH is 1. The van der Waals surface area contributed by atoms with Crippen molar-refractivity contribution >= 4 is 33.0 Å².